The number of ketones is 1. The number of halogens is 1. The van der Waals surface area contributed by atoms with Gasteiger partial charge in [0.15, 0.2) is 5.78 Å². The van der Waals surface area contributed by atoms with Crippen molar-refractivity contribution in [2.75, 3.05) is 0 Å². The van der Waals surface area contributed by atoms with Gasteiger partial charge in [0.25, 0.3) is 0 Å². The Hall–Kier alpha value is -0.570. The predicted octanol–water partition coefficient (Wildman–Crippen LogP) is 1.99. The molecule has 2 nitrogen and oxygen atoms in total. The molecule has 0 aliphatic carbocycles. The predicted molar refractivity (Wildman–Crippen MR) is 43.1 cm³/mol. The van der Waals surface area contributed by atoms with E-state index in [0.29, 0.717) is 0 Å². The molecule has 54 valence electrons. The summed E-state index contributed by atoms with van der Waals surface area (Å²) in [6.07, 6.45) is 0. The Bertz CT molecular complexity index is 265. The molecule has 0 saturated carbocycles. The minimum Gasteiger partial charge on any atom is -0.336 e. The molecule has 0 spiro atoms. The molecule has 1 rings (SSSR count). The minimum atomic E-state index is 0.0909. The maximum atomic E-state index is 10.8. The van der Waals surface area contributed by atoms with Crippen LogP contribution in [0.3, 0.4) is 0 Å². The van der Waals surface area contributed by atoms with Crippen LogP contribution >= 0.6 is 15.9 Å². The Morgan fingerprint density at radius 3 is 2.40 bits per heavy atom. The molecule has 3 heteroatoms. The summed E-state index contributed by atoms with van der Waals surface area (Å²) in [4.78, 5) is 10.8. The molecule has 0 aliphatic heterocycles. The first-order valence-electron chi connectivity index (χ1n) is 2.95. The second-order valence-corrected chi connectivity index (χ2v) is 2.97. The van der Waals surface area contributed by atoms with E-state index in [2.05, 4.69) is 15.9 Å². The molecule has 0 unspecified atom stereocenters. The summed E-state index contributed by atoms with van der Waals surface area (Å²) < 4.78 is 2.74. The van der Waals surface area contributed by atoms with Gasteiger partial charge in [0, 0.05) is 14.0 Å². The topological polar surface area (TPSA) is 22.0 Å². The van der Waals surface area contributed by atoms with Crippen LogP contribution in [-0.2, 0) is 7.05 Å². The van der Waals surface area contributed by atoms with Crippen LogP contribution < -0.4 is 0 Å². The van der Waals surface area contributed by atoms with Crippen molar-refractivity contribution < 1.29 is 4.79 Å². The Kier molecular flexibility index (Phi) is 1.94. The van der Waals surface area contributed by atoms with Crippen molar-refractivity contribution in [3.05, 3.63) is 22.4 Å². The molecule has 0 aromatic carbocycles. The lowest BCUT2D eigenvalue weighted by atomic mass is 10.3. The van der Waals surface area contributed by atoms with E-state index in [9.17, 15) is 4.79 Å². The number of aromatic nitrogens is 1. The third kappa shape index (κ3) is 1.14. The molecule has 0 fully saturated rings. The van der Waals surface area contributed by atoms with E-state index in [1.807, 2.05) is 17.7 Å². The third-order valence-electron chi connectivity index (χ3n) is 1.42. The highest BCUT2D eigenvalue weighted by atomic mass is 79.9. The summed E-state index contributed by atoms with van der Waals surface area (Å²) >= 11 is 3.30. The molecule has 0 saturated heterocycles. The lowest BCUT2D eigenvalue weighted by Gasteiger charge is -1.97. The maximum Gasteiger partial charge on any atom is 0.176 e. The quantitative estimate of drug-likeness (QED) is 0.638. The molecule has 1 aromatic heterocycles. The van der Waals surface area contributed by atoms with E-state index < -0.39 is 0 Å². The fourth-order valence-electron chi connectivity index (χ4n) is 0.840. The number of Topliss-reactive ketones (excluding diaryl/α,β-unsaturated/α-hetero) is 1. The van der Waals surface area contributed by atoms with Crippen LogP contribution in [-0.4, -0.2) is 10.4 Å². The number of rotatable bonds is 1. The molecular formula is C7H8BrNO. The Morgan fingerprint density at radius 1 is 1.60 bits per heavy atom. The van der Waals surface area contributed by atoms with Gasteiger partial charge in [-0.15, -0.1) is 0 Å². The zero-order valence-electron chi connectivity index (χ0n) is 5.89. The summed E-state index contributed by atoms with van der Waals surface area (Å²) in [5.41, 5.74) is 0.729. The van der Waals surface area contributed by atoms with Crippen LogP contribution in [0.1, 0.15) is 17.4 Å². The number of nitrogens with zero attached hydrogens (tertiary/aromatic N) is 1. The summed E-state index contributed by atoms with van der Waals surface area (Å²) in [6.45, 7) is 1.56. The highest BCUT2D eigenvalue weighted by Crippen LogP contribution is 2.13. The first kappa shape index (κ1) is 7.54. The van der Waals surface area contributed by atoms with E-state index in [1.165, 1.54) is 0 Å². The summed E-state index contributed by atoms with van der Waals surface area (Å²) in [6, 6.07) is 3.66. The second kappa shape index (κ2) is 2.58. The largest absolute Gasteiger partial charge is 0.336 e. The molecule has 0 radical (unpaired) electrons. The second-order valence-electron chi connectivity index (χ2n) is 2.16. The average molecular weight is 202 g/mol. The number of hydrogen-bond acceptors (Lipinski definition) is 1. The first-order valence-corrected chi connectivity index (χ1v) is 3.74. The molecular weight excluding hydrogens is 194 g/mol. The van der Waals surface area contributed by atoms with Gasteiger partial charge >= 0.3 is 0 Å². The Morgan fingerprint density at radius 2 is 2.20 bits per heavy atom. The molecule has 0 amide bonds. The van der Waals surface area contributed by atoms with Gasteiger partial charge in [-0.05, 0) is 28.1 Å². The highest BCUT2D eigenvalue weighted by molar-refractivity contribution is 9.10. The standard InChI is InChI=1S/C7H8BrNO/c1-5(10)6-3-4-7(8)9(6)2/h3-4H,1-2H3. The van der Waals surface area contributed by atoms with Crippen molar-refractivity contribution in [1.29, 1.82) is 0 Å². The van der Waals surface area contributed by atoms with Gasteiger partial charge in [-0.3, -0.25) is 4.79 Å². The van der Waals surface area contributed by atoms with Crippen LogP contribution in [0.5, 0.6) is 0 Å². The Balaban J connectivity index is 3.17. The highest BCUT2D eigenvalue weighted by Gasteiger charge is 2.04. The van der Waals surface area contributed by atoms with E-state index in [1.54, 1.807) is 13.0 Å². The van der Waals surface area contributed by atoms with Crippen LogP contribution in [0, 0.1) is 0 Å². The summed E-state index contributed by atoms with van der Waals surface area (Å²) in [5.74, 6) is 0.0909. The van der Waals surface area contributed by atoms with E-state index in [4.69, 9.17) is 0 Å². The summed E-state index contributed by atoms with van der Waals surface area (Å²) in [5, 5.41) is 0. The minimum absolute atomic E-state index is 0.0909. The van der Waals surface area contributed by atoms with Gasteiger partial charge in [0.1, 0.15) is 0 Å². The summed E-state index contributed by atoms with van der Waals surface area (Å²) in [7, 11) is 1.85. The van der Waals surface area contributed by atoms with Crippen LogP contribution in [0.15, 0.2) is 16.7 Å². The van der Waals surface area contributed by atoms with Crippen molar-refractivity contribution in [3.63, 3.8) is 0 Å². The van der Waals surface area contributed by atoms with Gasteiger partial charge in [-0.25, -0.2) is 0 Å². The SMILES string of the molecule is CC(=O)c1ccc(Br)n1C. The molecule has 1 heterocycles. The molecule has 0 N–H and O–H groups in total. The zero-order chi connectivity index (χ0) is 7.72. The van der Waals surface area contributed by atoms with Crippen molar-refractivity contribution in [2.24, 2.45) is 7.05 Å². The van der Waals surface area contributed by atoms with Crippen LogP contribution in [0.25, 0.3) is 0 Å². The molecule has 0 bridgehead atoms. The van der Waals surface area contributed by atoms with Crippen LogP contribution in [0.2, 0.25) is 0 Å². The third-order valence-corrected chi connectivity index (χ3v) is 2.22. The monoisotopic (exact) mass is 201 g/mol. The van der Waals surface area contributed by atoms with Gasteiger partial charge in [-0.2, -0.15) is 0 Å². The number of carbonyl (C=O) groups excluding carboxylic acids is 1. The van der Waals surface area contributed by atoms with Crippen LogP contribution in [0.4, 0.5) is 0 Å². The Labute approximate surface area is 68.0 Å². The lowest BCUT2D eigenvalue weighted by Crippen LogP contribution is -2.00. The van der Waals surface area contributed by atoms with Crippen molar-refractivity contribution >= 4 is 21.7 Å². The normalized spacial score (nSPS) is 9.90. The fraction of sp³-hybridized carbons (Fsp3) is 0.286. The van der Waals surface area contributed by atoms with Gasteiger partial charge < -0.3 is 4.57 Å². The molecule has 0 atom stereocenters. The molecule has 0 aliphatic rings. The fourth-order valence-corrected chi connectivity index (χ4v) is 1.16. The van der Waals surface area contributed by atoms with Gasteiger partial charge in [-0.1, -0.05) is 0 Å². The average Bonchev–Trinajstić information content (AvgIpc) is 2.14. The zero-order valence-corrected chi connectivity index (χ0v) is 7.47. The van der Waals surface area contributed by atoms with E-state index in [-0.39, 0.29) is 5.78 Å². The van der Waals surface area contributed by atoms with Gasteiger partial charge in [0.05, 0.1) is 10.3 Å². The van der Waals surface area contributed by atoms with E-state index in [0.717, 1.165) is 10.3 Å². The van der Waals surface area contributed by atoms with Crippen molar-refractivity contribution in [2.45, 2.75) is 6.92 Å². The smallest absolute Gasteiger partial charge is 0.176 e. The van der Waals surface area contributed by atoms with Gasteiger partial charge in [0.2, 0.25) is 0 Å². The number of hydrogen-bond donors (Lipinski definition) is 0. The van der Waals surface area contributed by atoms with Crippen molar-refractivity contribution in [3.8, 4) is 0 Å². The first-order chi connectivity index (χ1) is 4.63. The molecule has 1 aromatic rings. The number of carbonyl (C=O) groups is 1. The van der Waals surface area contributed by atoms with E-state index >= 15 is 0 Å². The van der Waals surface area contributed by atoms with Crippen molar-refractivity contribution in [1.82, 2.24) is 4.57 Å². The lowest BCUT2D eigenvalue weighted by molar-refractivity contribution is 0.101. The maximum absolute atomic E-state index is 10.8. The molecule has 10 heavy (non-hydrogen) atoms.